The van der Waals surface area contributed by atoms with Crippen molar-refractivity contribution >= 4 is 33.2 Å². The molecule has 116 valence electrons. The molecule has 4 N–H and O–H groups in total. The lowest BCUT2D eigenvalue weighted by Gasteiger charge is -2.10. The van der Waals surface area contributed by atoms with E-state index in [1.165, 1.54) is 0 Å². The Balaban J connectivity index is 2.76. The predicted octanol–water partition coefficient (Wildman–Crippen LogP) is 2.53. The first-order valence-electron chi connectivity index (χ1n) is 6.12. The van der Waals surface area contributed by atoms with Crippen molar-refractivity contribution in [3.05, 3.63) is 42.5 Å². The zero-order valence-corrected chi connectivity index (χ0v) is 12.8. The number of aliphatic imine (C=N–C) groups is 1. The van der Waals surface area contributed by atoms with E-state index in [1.807, 2.05) is 0 Å². The molecule has 0 aliphatic carbocycles. The van der Waals surface area contributed by atoms with E-state index in [1.54, 1.807) is 30.3 Å². The summed E-state index contributed by atoms with van der Waals surface area (Å²) in [5.74, 6) is -0.342. The number of nitrogens with zero attached hydrogens (tertiary/aromatic N) is 1. The minimum Gasteiger partial charge on any atom is -0.505 e. The van der Waals surface area contributed by atoms with Gasteiger partial charge in [0.15, 0.2) is 0 Å². The Kier molecular flexibility index (Phi) is 4.70. The molecule has 0 unspecified atom stereocenters. The standard InChI is InChI=1S/C14H13ClN2O4S/c15-8-13(16)17-12-7-10(22(19,20)21)6-11(14(12)18)9-4-2-1-3-5-9/h1-7,18H,8H2,(H2,16,17)(H,19,20,21). The Bertz CT molecular complexity index is 820. The summed E-state index contributed by atoms with van der Waals surface area (Å²) >= 11 is 5.54. The van der Waals surface area contributed by atoms with Gasteiger partial charge in [0.1, 0.15) is 17.3 Å². The number of benzene rings is 2. The number of amidine groups is 1. The van der Waals surface area contributed by atoms with Crippen molar-refractivity contribution in [2.75, 3.05) is 5.88 Å². The van der Waals surface area contributed by atoms with Crippen molar-refractivity contribution in [3.8, 4) is 16.9 Å². The molecule has 0 aliphatic heterocycles. The maximum Gasteiger partial charge on any atom is 0.294 e. The molecule has 0 radical (unpaired) electrons. The average Bonchev–Trinajstić information content (AvgIpc) is 2.48. The van der Waals surface area contributed by atoms with Crippen LogP contribution in [0.25, 0.3) is 11.1 Å². The second-order valence-corrected chi connectivity index (χ2v) is 6.11. The largest absolute Gasteiger partial charge is 0.505 e. The maximum atomic E-state index is 11.4. The van der Waals surface area contributed by atoms with Crippen LogP contribution < -0.4 is 5.73 Å². The van der Waals surface area contributed by atoms with Gasteiger partial charge >= 0.3 is 0 Å². The van der Waals surface area contributed by atoms with Gasteiger partial charge in [-0.15, -0.1) is 11.6 Å². The highest BCUT2D eigenvalue weighted by Crippen LogP contribution is 2.39. The number of rotatable bonds is 4. The van der Waals surface area contributed by atoms with Crippen molar-refractivity contribution in [1.29, 1.82) is 0 Å². The average molecular weight is 341 g/mol. The molecule has 8 heteroatoms. The van der Waals surface area contributed by atoms with E-state index in [9.17, 15) is 18.1 Å². The molecule has 0 fully saturated rings. The van der Waals surface area contributed by atoms with Gasteiger partial charge in [0.25, 0.3) is 10.1 Å². The fourth-order valence-corrected chi connectivity index (χ4v) is 2.44. The number of phenols is 1. The summed E-state index contributed by atoms with van der Waals surface area (Å²) in [5, 5.41) is 10.3. The molecule has 0 saturated carbocycles. The highest BCUT2D eigenvalue weighted by atomic mass is 35.5. The third-order valence-electron chi connectivity index (χ3n) is 2.85. The van der Waals surface area contributed by atoms with E-state index in [0.717, 1.165) is 12.1 Å². The van der Waals surface area contributed by atoms with Crippen molar-refractivity contribution in [3.63, 3.8) is 0 Å². The van der Waals surface area contributed by atoms with Gasteiger partial charge in [-0.25, -0.2) is 4.99 Å². The van der Waals surface area contributed by atoms with Gasteiger partial charge in [0.05, 0.1) is 10.8 Å². The molecule has 0 aliphatic rings. The van der Waals surface area contributed by atoms with Gasteiger partial charge in [-0.05, 0) is 17.7 Å². The van der Waals surface area contributed by atoms with E-state index in [-0.39, 0.29) is 28.7 Å². The minimum absolute atomic E-state index is 0.00321. The molecule has 0 atom stereocenters. The number of hydrogen-bond donors (Lipinski definition) is 3. The van der Waals surface area contributed by atoms with Gasteiger partial charge in [-0.2, -0.15) is 8.42 Å². The Hall–Kier alpha value is -2.09. The second kappa shape index (κ2) is 6.35. The Morgan fingerprint density at radius 1 is 1.23 bits per heavy atom. The van der Waals surface area contributed by atoms with Crippen LogP contribution in [0.1, 0.15) is 0 Å². The van der Waals surface area contributed by atoms with Crippen LogP contribution in [0.2, 0.25) is 0 Å². The monoisotopic (exact) mass is 340 g/mol. The van der Waals surface area contributed by atoms with Crippen LogP contribution in [0.5, 0.6) is 5.75 Å². The summed E-state index contributed by atoms with van der Waals surface area (Å²) in [6, 6.07) is 10.8. The van der Waals surface area contributed by atoms with Crippen molar-refractivity contribution < 1.29 is 18.1 Å². The molecule has 2 rings (SSSR count). The fraction of sp³-hybridized carbons (Fsp3) is 0.0714. The smallest absolute Gasteiger partial charge is 0.294 e. The number of nitrogens with two attached hydrogens (primary N) is 1. The lowest BCUT2D eigenvalue weighted by molar-refractivity contribution is 0.476. The second-order valence-electron chi connectivity index (χ2n) is 4.42. The van der Waals surface area contributed by atoms with Crippen molar-refractivity contribution in [1.82, 2.24) is 0 Å². The van der Waals surface area contributed by atoms with E-state index in [4.69, 9.17) is 17.3 Å². The van der Waals surface area contributed by atoms with Gasteiger partial charge in [-0.3, -0.25) is 4.55 Å². The molecule has 0 saturated heterocycles. The first kappa shape index (κ1) is 16.3. The van der Waals surface area contributed by atoms with Crippen LogP contribution in [0.3, 0.4) is 0 Å². The zero-order chi connectivity index (χ0) is 16.3. The SMILES string of the molecule is NC(CCl)=Nc1cc(S(=O)(=O)O)cc(-c2ccccc2)c1O. The molecule has 0 amide bonds. The Morgan fingerprint density at radius 2 is 1.86 bits per heavy atom. The summed E-state index contributed by atoms with van der Waals surface area (Å²) in [7, 11) is -4.47. The third kappa shape index (κ3) is 3.56. The predicted molar refractivity (Wildman–Crippen MR) is 85.4 cm³/mol. The van der Waals surface area contributed by atoms with Crippen molar-refractivity contribution in [2.45, 2.75) is 4.90 Å². The molecule has 0 aromatic heterocycles. The van der Waals surface area contributed by atoms with Gasteiger partial charge in [0, 0.05) is 5.56 Å². The number of aromatic hydroxyl groups is 1. The molecule has 0 spiro atoms. The van der Waals surface area contributed by atoms with E-state index in [0.29, 0.717) is 5.56 Å². The van der Waals surface area contributed by atoms with Crippen LogP contribution in [-0.2, 0) is 10.1 Å². The van der Waals surface area contributed by atoms with E-state index >= 15 is 0 Å². The topological polar surface area (TPSA) is 113 Å². The molecule has 2 aromatic carbocycles. The minimum atomic E-state index is -4.47. The summed E-state index contributed by atoms with van der Waals surface area (Å²) in [4.78, 5) is 3.48. The molecule has 22 heavy (non-hydrogen) atoms. The number of halogens is 1. The molecular formula is C14H13ClN2O4S. The lowest BCUT2D eigenvalue weighted by atomic mass is 10.0. The fourth-order valence-electron chi connectivity index (χ4n) is 1.85. The summed E-state index contributed by atoms with van der Waals surface area (Å²) in [5.41, 5.74) is 6.19. The normalized spacial score (nSPS) is 12.4. The van der Waals surface area contributed by atoms with E-state index < -0.39 is 15.0 Å². The van der Waals surface area contributed by atoms with Crippen molar-refractivity contribution in [2.24, 2.45) is 10.7 Å². The third-order valence-corrected chi connectivity index (χ3v) is 3.95. The molecular weight excluding hydrogens is 328 g/mol. The maximum absolute atomic E-state index is 11.4. The highest BCUT2D eigenvalue weighted by Gasteiger charge is 2.18. The zero-order valence-electron chi connectivity index (χ0n) is 11.3. The molecule has 6 nitrogen and oxygen atoms in total. The molecule has 2 aromatic rings. The summed E-state index contributed by atoms with van der Waals surface area (Å²) in [6.07, 6.45) is 0. The molecule has 0 bridgehead atoms. The van der Waals surface area contributed by atoms with E-state index in [2.05, 4.69) is 4.99 Å². The van der Waals surface area contributed by atoms with Gasteiger partial charge in [0.2, 0.25) is 0 Å². The van der Waals surface area contributed by atoms with Gasteiger partial charge in [-0.1, -0.05) is 30.3 Å². The van der Waals surface area contributed by atoms with Crippen LogP contribution in [0, 0.1) is 0 Å². The summed E-state index contributed by atoms with van der Waals surface area (Å²) in [6.45, 7) is 0. The van der Waals surface area contributed by atoms with Crippen LogP contribution in [-0.4, -0.2) is 29.8 Å². The first-order valence-corrected chi connectivity index (χ1v) is 8.09. The van der Waals surface area contributed by atoms with Gasteiger partial charge < -0.3 is 10.8 Å². The Morgan fingerprint density at radius 3 is 2.41 bits per heavy atom. The van der Waals surface area contributed by atoms with Crippen LogP contribution in [0.15, 0.2) is 52.4 Å². The van der Waals surface area contributed by atoms with Crippen LogP contribution >= 0.6 is 11.6 Å². The number of phenolic OH excluding ortho intramolecular Hbond substituents is 1. The molecule has 0 heterocycles. The summed E-state index contributed by atoms with van der Waals surface area (Å²) < 4.78 is 32.1. The van der Waals surface area contributed by atoms with Crippen LogP contribution in [0.4, 0.5) is 5.69 Å². The number of hydrogen-bond acceptors (Lipinski definition) is 4. The lowest BCUT2D eigenvalue weighted by Crippen LogP contribution is -2.12. The first-order chi connectivity index (χ1) is 10.3. The Labute approximate surface area is 132 Å². The quantitative estimate of drug-likeness (QED) is 0.342. The number of alkyl halides is 1. The highest BCUT2D eigenvalue weighted by molar-refractivity contribution is 7.85.